The summed E-state index contributed by atoms with van der Waals surface area (Å²) in [4.78, 5) is 36.2. The largest absolute Gasteiger partial charge is 0.480 e. The lowest BCUT2D eigenvalue weighted by atomic mass is 9.92. The second kappa shape index (κ2) is 11.2. The third kappa shape index (κ3) is 5.58. The van der Waals surface area contributed by atoms with Crippen LogP contribution in [0.2, 0.25) is 0 Å². The van der Waals surface area contributed by atoms with Crippen LogP contribution in [0.15, 0.2) is 48.5 Å². The van der Waals surface area contributed by atoms with Gasteiger partial charge in [0.2, 0.25) is 5.91 Å². The summed E-state index contributed by atoms with van der Waals surface area (Å²) in [6.07, 6.45) is 0.883. The number of carbonyl (C=O) groups is 3. The van der Waals surface area contributed by atoms with Gasteiger partial charge in [0.05, 0.1) is 0 Å². The minimum Gasteiger partial charge on any atom is -0.480 e. The van der Waals surface area contributed by atoms with Crippen molar-refractivity contribution in [2.45, 2.75) is 57.9 Å². The summed E-state index contributed by atoms with van der Waals surface area (Å²) in [7, 11) is 0. The predicted molar refractivity (Wildman–Crippen MR) is 131 cm³/mol. The normalized spacial score (nSPS) is 13.5. The molecule has 3 rings (SSSR count). The molecule has 0 radical (unpaired) electrons. The molecule has 7 nitrogen and oxygen atoms in total. The first-order valence-corrected chi connectivity index (χ1v) is 11.9. The summed E-state index contributed by atoms with van der Waals surface area (Å²) >= 11 is 0. The molecule has 1 aliphatic rings. The number of ether oxygens (including phenoxy) is 1. The molecular weight excluding hydrogens is 432 g/mol. The number of carboxylic acid groups (broad SMARTS) is 1. The Labute approximate surface area is 200 Å². The van der Waals surface area contributed by atoms with Crippen molar-refractivity contribution < 1.29 is 24.2 Å². The second-order valence-electron chi connectivity index (χ2n) is 8.99. The van der Waals surface area contributed by atoms with E-state index in [1.54, 1.807) is 13.8 Å². The van der Waals surface area contributed by atoms with Crippen molar-refractivity contribution in [1.82, 2.24) is 10.6 Å². The van der Waals surface area contributed by atoms with Crippen molar-refractivity contribution >= 4 is 18.0 Å². The molecular formula is C27H34N2O5. The summed E-state index contributed by atoms with van der Waals surface area (Å²) in [6, 6.07) is 16.4. The summed E-state index contributed by atoms with van der Waals surface area (Å²) in [5.74, 6) is -1.27. The van der Waals surface area contributed by atoms with Crippen LogP contribution in [0.3, 0.4) is 0 Å². The Morgan fingerprint density at radius 3 is 2.09 bits per heavy atom. The predicted octanol–water partition coefficient (Wildman–Crippen LogP) is 4.70. The molecule has 0 heterocycles. The van der Waals surface area contributed by atoms with Gasteiger partial charge in [-0.25, -0.2) is 9.59 Å². The van der Waals surface area contributed by atoms with Crippen molar-refractivity contribution in [2.75, 3.05) is 13.2 Å². The zero-order chi connectivity index (χ0) is 24.7. The number of hydrogen-bond donors (Lipinski definition) is 3. The number of nitrogens with one attached hydrogen (secondary N) is 2. The van der Waals surface area contributed by atoms with E-state index in [1.807, 2.05) is 31.2 Å². The first kappa shape index (κ1) is 25.3. The highest BCUT2D eigenvalue weighted by atomic mass is 16.5. The standard InChI is InChI=1S/C27H34N2O5/c1-4-27(5-2,25(31)32)29-24(30)15-14-18(3)16-28-26(33)34-17-23-21-12-8-6-10-19(21)20-11-7-9-13-22(20)23/h6-13,18,23H,4-5,14-17H2,1-3H3,(H,28,33)(H,29,30)(H,31,32). The highest BCUT2D eigenvalue weighted by Gasteiger charge is 2.36. The van der Waals surface area contributed by atoms with E-state index in [4.69, 9.17) is 4.74 Å². The number of alkyl carbamates (subject to hydrolysis) is 1. The van der Waals surface area contributed by atoms with Gasteiger partial charge in [-0.3, -0.25) is 4.79 Å². The van der Waals surface area contributed by atoms with Crippen LogP contribution in [0, 0.1) is 5.92 Å². The van der Waals surface area contributed by atoms with Gasteiger partial charge in [-0.15, -0.1) is 0 Å². The molecule has 0 fully saturated rings. The molecule has 0 saturated carbocycles. The molecule has 0 aliphatic heterocycles. The van der Waals surface area contributed by atoms with Crippen LogP contribution in [0.4, 0.5) is 4.79 Å². The van der Waals surface area contributed by atoms with Crippen molar-refractivity contribution in [3.63, 3.8) is 0 Å². The topological polar surface area (TPSA) is 105 Å². The Hall–Kier alpha value is -3.35. The van der Waals surface area contributed by atoms with E-state index in [9.17, 15) is 19.5 Å². The molecule has 1 atom stereocenters. The van der Waals surface area contributed by atoms with E-state index in [0.29, 0.717) is 25.8 Å². The fraction of sp³-hybridized carbons (Fsp3) is 0.444. The Morgan fingerprint density at radius 1 is 1.00 bits per heavy atom. The number of aliphatic carboxylic acids is 1. The van der Waals surface area contributed by atoms with E-state index in [0.717, 1.165) is 11.1 Å². The number of amides is 2. The minimum atomic E-state index is -1.22. The van der Waals surface area contributed by atoms with Gasteiger partial charge >= 0.3 is 12.1 Å². The van der Waals surface area contributed by atoms with Crippen LogP contribution in [0.25, 0.3) is 11.1 Å². The highest BCUT2D eigenvalue weighted by Crippen LogP contribution is 2.44. The number of hydrogen-bond acceptors (Lipinski definition) is 4. The fourth-order valence-electron chi connectivity index (χ4n) is 4.50. The average molecular weight is 467 g/mol. The van der Waals surface area contributed by atoms with Gasteiger partial charge in [0.1, 0.15) is 12.1 Å². The molecule has 1 unspecified atom stereocenters. The molecule has 2 aromatic rings. The van der Waals surface area contributed by atoms with Gasteiger partial charge < -0.3 is 20.5 Å². The van der Waals surface area contributed by atoms with Crippen molar-refractivity contribution in [3.05, 3.63) is 59.7 Å². The van der Waals surface area contributed by atoms with Gasteiger partial charge in [0.25, 0.3) is 0 Å². The van der Waals surface area contributed by atoms with Gasteiger partial charge in [-0.1, -0.05) is 69.3 Å². The Bertz CT molecular complexity index is 986. The maximum Gasteiger partial charge on any atom is 0.407 e. The highest BCUT2D eigenvalue weighted by molar-refractivity contribution is 5.87. The third-order valence-electron chi connectivity index (χ3n) is 6.80. The van der Waals surface area contributed by atoms with Gasteiger partial charge in [-0.05, 0) is 47.4 Å². The average Bonchev–Trinajstić information content (AvgIpc) is 3.17. The van der Waals surface area contributed by atoms with E-state index in [-0.39, 0.29) is 30.8 Å². The Kier molecular flexibility index (Phi) is 8.31. The van der Waals surface area contributed by atoms with Gasteiger partial charge in [0, 0.05) is 18.9 Å². The van der Waals surface area contributed by atoms with E-state index in [2.05, 4.69) is 34.9 Å². The van der Waals surface area contributed by atoms with Crippen LogP contribution in [0.1, 0.15) is 63.5 Å². The van der Waals surface area contributed by atoms with Crippen molar-refractivity contribution in [3.8, 4) is 11.1 Å². The molecule has 1 aliphatic carbocycles. The molecule has 0 aromatic heterocycles. The van der Waals surface area contributed by atoms with E-state index < -0.39 is 17.6 Å². The quantitative estimate of drug-likeness (QED) is 0.445. The lowest BCUT2D eigenvalue weighted by Crippen LogP contribution is -2.53. The second-order valence-corrected chi connectivity index (χ2v) is 8.99. The first-order chi connectivity index (χ1) is 16.3. The monoisotopic (exact) mass is 466 g/mol. The zero-order valence-electron chi connectivity index (χ0n) is 20.1. The SMILES string of the molecule is CCC(CC)(NC(=O)CCC(C)CNC(=O)OCC1c2ccccc2-c2ccccc21)C(=O)O. The summed E-state index contributed by atoms with van der Waals surface area (Å²) in [5, 5.41) is 14.9. The number of fused-ring (bicyclic) bond motifs is 3. The number of carbonyl (C=O) groups excluding carboxylic acids is 2. The van der Waals surface area contributed by atoms with Crippen LogP contribution in [-0.2, 0) is 14.3 Å². The Balaban J connectivity index is 1.44. The fourth-order valence-corrected chi connectivity index (χ4v) is 4.50. The molecule has 7 heteroatoms. The molecule has 34 heavy (non-hydrogen) atoms. The molecule has 3 N–H and O–H groups in total. The summed E-state index contributed by atoms with van der Waals surface area (Å²) in [5.41, 5.74) is 3.45. The minimum absolute atomic E-state index is 0.00547. The third-order valence-corrected chi connectivity index (χ3v) is 6.80. The molecule has 182 valence electrons. The van der Waals surface area contributed by atoms with Gasteiger partial charge in [0.15, 0.2) is 0 Å². The molecule has 0 saturated heterocycles. The van der Waals surface area contributed by atoms with Crippen LogP contribution in [-0.4, -0.2) is 41.8 Å². The molecule has 2 aromatic carbocycles. The molecule has 2 amide bonds. The Morgan fingerprint density at radius 2 is 1.56 bits per heavy atom. The smallest absolute Gasteiger partial charge is 0.407 e. The summed E-state index contributed by atoms with van der Waals surface area (Å²) in [6.45, 7) is 6.05. The number of rotatable bonds is 11. The van der Waals surface area contributed by atoms with Crippen LogP contribution >= 0.6 is 0 Å². The first-order valence-electron chi connectivity index (χ1n) is 11.9. The lowest BCUT2D eigenvalue weighted by molar-refractivity contribution is -0.148. The lowest BCUT2D eigenvalue weighted by Gasteiger charge is -2.28. The van der Waals surface area contributed by atoms with Gasteiger partial charge in [-0.2, -0.15) is 0 Å². The van der Waals surface area contributed by atoms with Crippen molar-refractivity contribution in [1.29, 1.82) is 0 Å². The molecule has 0 bridgehead atoms. The van der Waals surface area contributed by atoms with E-state index >= 15 is 0 Å². The maximum absolute atomic E-state index is 12.3. The number of carboxylic acids is 1. The van der Waals surface area contributed by atoms with E-state index in [1.165, 1.54) is 11.1 Å². The van der Waals surface area contributed by atoms with Crippen LogP contribution < -0.4 is 10.6 Å². The zero-order valence-corrected chi connectivity index (χ0v) is 20.1. The van der Waals surface area contributed by atoms with Crippen molar-refractivity contribution in [2.24, 2.45) is 5.92 Å². The summed E-state index contributed by atoms with van der Waals surface area (Å²) < 4.78 is 5.54. The maximum atomic E-state index is 12.3. The number of benzene rings is 2. The molecule has 0 spiro atoms. The van der Waals surface area contributed by atoms with Crippen LogP contribution in [0.5, 0.6) is 0 Å².